The number of pyridine rings is 2. The molecule has 0 bridgehead atoms. The van der Waals surface area contributed by atoms with E-state index in [1.54, 1.807) is 0 Å². The maximum absolute atomic E-state index is 4.45. The molecular weight excluding hydrogens is 635 g/mol. The smallest absolute Gasteiger partial charge is 0.0645 e. The lowest BCUT2D eigenvalue weighted by molar-refractivity contribution is 0.946. The monoisotopic (exact) mass is 669 g/mol. The van der Waals surface area contributed by atoms with Crippen LogP contribution in [-0.2, 0) is 7.05 Å². The fraction of sp³-hybridized carbons (Fsp3) is 0.0213. The van der Waals surface area contributed by atoms with E-state index in [2.05, 4.69) is 189 Å². The average Bonchev–Trinajstić information content (AvgIpc) is 3.60. The van der Waals surface area contributed by atoms with Crippen molar-refractivity contribution in [3.05, 3.63) is 195 Å². The van der Waals surface area contributed by atoms with Crippen molar-refractivity contribution in [2.75, 3.05) is 9.80 Å². The van der Waals surface area contributed by atoms with Gasteiger partial charge in [-0.15, -0.1) is 0 Å². The average molecular weight is 670 g/mol. The third-order valence-electron chi connectivity index (χ3n) is 9.79. The van der Waals surface area contributed by atoms with Gasteiger partial charge in [-0.05, 0) is 94.7 Å². The van der Waals surface area contributed by atoms with E-state index >= 15 is 0 Å². The van der Waals surface area contributed by atoms with E-state index in [4.69, 9.17) is 0 Å². The SMILES string of the molecule is Cn1c(-c2ccc(N(c3cccnc3)c3cccc4ccccc34)cc2)ccc1-c1ccc(N(c2cccnc2)c2cccc3ccccc23)cc1. The van der Waals surface area contributed by atoms with Crippen molar-refractivity contribution in [3.63, 3.8) is 0 Å². The third-order valence-corrected chi connectivity index (χ3v) is 9.79. The van der Waals surface area contributed by atoms with E-state index in [0.717, 1.165) is 56.6 Å². The van der Waals surface area contributed by atoms with Crippen molar-refractivity contribution in [2.45, 2.75) is 0 Å². The fourth-order valence-corrected chi connectivity index (χ4v) is 7.29. The number of fused-ring (bicyclic) bond motifs is 2. The molecule has 0 aliphatic heterocycles. The van der Waals surface area contributed by atoms with Crippen molar-refractivity contribution in [2.24, 2.45) is 7.05 Å². The summed E-state index contributed by atoms with van der Waals surface area (Å²) in [5.41, 5.74) is 11.0. The van der Waals surface area contributed by atoms with Gasteiger partial charge in [-0.1, -0.05) is 97.1 Å². The zero-order valence-corrected chi connectivity index (χ0v) is 28.7. The van der Waals surface area contributed by atoms with Gasteiger partial charge in [-0.2, -0.15) is 0 Å². The molecule has 0 aliphatic rings. The van der Waals surface area contributed by atoms with Gasteiger partial charge in [0.1, 0.15) is 0 Å². The van der Waals surface area contributed by atoms with Gasteiger partial charge in [-0.3, -0.25) is 9.97 Å². The lowest BCUT2D eigenvalue weighted by atomic mass is 10.1. The van der Waals surface area contributed by atoms with Crippen LogP contribution in [0.5, 0.6) is 0 Å². The highest BCUT2D eigenvalue weighted by Gasteiger charge is 2.18. The van der Waals surface area contributed by atoms with Crippen LogP contribution in [-0.4, -0.2) is 14.5 Å². The Morgan fingerprint density at radius 1 is 0.385 bits per heavy atom. The van der Waals surface area contributed by atoms with Gasteiger partial charge in [0.15, 0.2) is 0 Å². The first-order valence-electron chi connectivity index (χ1n) is 17.5. The number of anilines is 6. The van der Waals surface area contributed by atoms with Crippen LogP contribution >= 0.6 is 0 Å². The standard InChI is InChI=1S/C47H35N5/c1-50-44(36-20-24-38(25-21-36)51(40-14-8-30-48-32-40)46-18-6-12-34-10-2-4-16-42(34)46)28-29-45(50)37-22-26-39(27-23-37)52(41-15-9-31-49-33-41)47-19-7-13-35-11-3-5-17-43(35)47/h2-33H,1H3. The molecular formula is C47H35N5. The molecule has 0 radical (unpaired) electrons. The topological polar surface area (TPSA) is 37.2 Å². The molecule has 52 heavy (non-hydrogen) atoms. The second-order valence-electron chi connectivity index (χ2n) is 12.8. The summed E-state index contributed by atoms with van der Waals surface area (Å²) in [6, 6.07) is 60.2. The van der Waals surface area contributed by atoms with E-state index in [-0.39, 0.29) is 0 Å². The maximum Gasteiger partial charge on any atom is 0.0645 e. The van der Waals surface area contributed by atoms with Gasteiger partial charge in [0.05, 0.1) is 35.1 Å². The van der Waals surface area contributed by atoms with Crippen LogP contribution in [0.25, 0.3) is 44.1 Å². The van der Waals surface area contributed by atoms with Gasteiger partial charge in [0.25, 0.3) is 0 Å². The Labute approximate surface area is 303 Å². The van der Waals surface area contributed by atoms with Gasteiger partial charge in [-0.25, -0.2) is 0 Å². The van der Waals surface area contributed by atoms with Crippen molar-refractivity contribution in [1.82, 2.24) is 14.5 Å². The van der Waals surface area contributed by atoms with Gasteiger partial charge in [0.2, 0.25) is 0 Å². The molecule has 3 aromatic heterocycles. The first kappa shape index (κ1) is 31.0. The lowest BCUT2D eigenvalue weighted by Crippen LogP contribution is -2.10. The number of benzene rings is 6. The molecule has 0 fully saturated rings. The molecule has 248 valence electrons. The highest BCUT2D eigenvalue weighted by atomic mass is 15.2. The number of hydrogen-bond donors (Lipinski definition) is 0. The van der Waals surface area contributed by atoms with Crippen LogP contribution in [0, 0.1) is 0 Å². The molecule has 3 heterocycles. The van der Waals surface area contributed by atoms with Crippen molar-refractivity contribution in [1.29, 1.82) is 0 Å². The summed E-state index contributed by atoms with van der Waals surface area (Å²) in [7, 11) is 2.14. The molecule has 5 nitrogen and oxygen atoms in total. The summed E-state index contributed by atoms with van der Waals surface area (Å²) in [5, 5.41) is 4.79. The quantitative estimate of drug-likeness (QED) is 0.161. The Kier molecular flexibility index (Phi) is 7.99. The molecule has 6 aromatic carbocycles. The predicted octanol–water partition coefficient (Wildman–Crippen LogP) is 12.4. The maximum atomic E-state index is 4.45. The van der Waals surface area contributed by atoms with Crippen LogP contribution in [0.2, 0.25) is 0 Å². The van der Waals surface area contributed by atoms with Crippen LogP contribution in [0.1, 0.15) is 0 Å². The summed E-state index contributed by atoms with van der Waals surface area (Å²) >= 11 is 0. The molecule has 9 rings (SSSR count). The summed E-state index contributed by atoms with van der Waals surface area (Å²) in [4.78, 5) is 13.5. The van der Waals surface area contributed by atoms with Crippen molar-refractivity contribution >= 4 is 55.7 Å². The number of aromatic nitrogens is 3. The normalized spacial score (nSPS) is 11.2. The number of nitrogens with zero attached hydrogens (tertiary/aromatic N) is 5. The summed E-state index contributed by atoms with van der Waals surface area (Å²) < 4.78 is 2.27. The summed E-state index contributed by atoms with van der Waals surface area (Å²) in [6.07, 6.45) is 7.47. The van der Waals surface area contributed by atoms with Crippen LogP contribution in [0.4, 0.5) is 34.1 Å². The lowest BCUT2D eigenvalue weighted by Gasteiger charge is -2.26. The summed E-state index contributed by atoms with van der Waals surface area (Å²) in [6.45, 7) is 0. The van der Waals surface area contributed by atoms with E-state index in [0.29, 0.717) is 0 Å². The first-order chi connectivity index (χ1) is 25.7. The van der Waals surface area contributed by atoms with E-state index in [1.165, 1.54) is 21.5 Å². The van der Waals surface area contributed by atoms with Crippen LogP contribution in [0.15, 0.2) is 195 Å². The highest BCUT2D eigenvalue weighted by molar-refractivity contribution is 6.00. The molecule has 9 aromatic rings. The van der Waals surface area contributed by atoms with E-state index in [9.17, 15) is 0 Å². The van der Waals surface area contributed by atoms with Crippen molar-refractivity contribution in [3.8, 4) is 22.5 Å². The summed E-state index contributed by atoms with van der Waals surface area (Å²) in [5.74, 6) is 0. The molecule has 0 unspecified atom stereocenters. The van der Waals surface area contributed by atoms with E-state index < -0.39 is 0 Å². The third kappa shape index (κ3) is 5.64. The minimum absolute atomic E-state index is 1.01. The largest absolute Gasteiger partial charge is 0.344 e. The number of rotatable bonds is 8. The minimum Gasteiger partial charge on any atom is -0.344 e. The zero-order valence-electron chi connectivity index (χ0n) is 28.7. The molecule has 0 spiro atoms. The Morgan fingerprint density at radius 2 is 0.808 bits per heavy atom. The zero-order chi connectivity index (χ0) is 34.9. The molecule has 0 aliphatic carbocycles. The fourth-order valence-electron chi connectivity index (χ4n) is 7.29. The number of hydrogen-bond acceptors (Lipinski definition) is 4. The van der Waals surface area contributed by atoms with Crippen LogP contribution in [0.3, 0.4) is 0 Å². The Hall–Kier alpha value is -6.98. The Balaban J connectivity index is 1.04. The van der Waals surface area contributed by atoms with E-state index in [1.807, 2.05) is 36.9 Å². The Bertz CT molecular complexity index is 2440. The highest BCUT2D eigenvalue weighted by Crippen LogP contribution is 2.41. The minimum atomic E-state index is 1.01. The van der Waals surface area contributed by atoms with Gasteiger partial charge < -0.3 is 14.4 Å². The first-order valence-corrected chi connectivity index (χ1v) is 17.5. The molecule has 0 saturated carbocycles. The second-order valence-corrected chi connectivity index (χ2v) is 12.8. The van der Waals surface area contributed by atoms with Crippen LogP contribution < -0.4 is 9.80 Å². The predicted molar refractivity (Wildman–Crippen MR) is 216 cm³/mol. The van der Waals surface area contributed by atoms with Gasteiger partial charge in [0, 0.05) is 53.0 Å². The van der Waals surface area contributed by atoms with Crippen molar-refractivity contribution < 1.29 is 0 Å². The molecule has 0 amide bonds. The molecule has 0 atom stereocenters. The van der Waals surface area contributed by atoms with Gasteiger partial charge >= 0.3 is 0 Å². The molecule has 0 N–H and O–H groups in total. The second kappa shape index (κ2) is 13.4. The molecule has 0 saturated heterocycles. The molecule has 5 heteroatoms. The Morgan fingerprint density at radius 3 is 1.23 bits per heavy atom.